The van der Waals surface area contributed by atoms with Crippen LogP contribution in [0.1, 0.15) is 18.0 Å². The van der Waals surface area contributed by atoms with Gasteiger partial charge in [-0.05, 0) is 18.2 Å². The third-order valence-electron chi connectivity index (χ3n) is 2.89. The second kappa shape index (κ2) is 5.82. The average Bonchev–Trinajstić information content (AvgIpc) is 2.36. The lowest BCUT2D eigenvalue weighted by molar-refractivity contribution is 0.150. The van der Waals surface area contributed by atoms with Crippen LogP contribution in [0.2, 0.25) is 0 Å². The first-order chi connectivity index (χ1) is 8.24. The molecule has 0 fully saturated rings. The van der Waals surface area contributed by atoms with E-state index in [9.17, 15) is 0 Å². The van der Waals surface area contributed by atoms with E-state index in [0.29, 0.717) is 6.61 Å². The number of ether oxygens (including phenoxy) is 1. The average molecular weight is 302 g/mol. The van der Waals surface area contributed by atoms with Gasteiger partial charge in [0.2, 0.25) is 0 Å². The quantitative estimate of drug-likeness (QED) is 0.782. The van der Waals surface area contributed by atoms with Crippen molar-refractivity contribution >= 4 is 15.9 Å². The fourth-order valence-corrected chi connectivity index (χ4v) is 2.36. The van der Waals surface area contributed by atoms with Crippen molar-refractivity contribution in [3.05, 3.63) is 28.2 Å². The molecule has 1 unspecified atom stereocenters. The molecule has 2 rings (SSSR count). The monoisotopic (exact) mass is 301 g/mol. The zero-order valence-electron chi connectivity index (χ0n) is 9.40. The molecule has 1 atom stereocenters. The Morgan fingerprint density at radius 3 is 2.88 bits per heavy atom. The van der Waals surface area contributed by atoms with Crippen molar-refractivity contribution in [1.82, 2.24) is 5.32 Å². The van der Waals surface area contributed by atoms with Gasteiger partial charge in [0.15, 0.2) is 0 Å². The van der Waals surface area contributed by atoms with Crippen LogP contribution < -0.4 is 10.1 Å². The summed E-state index contributed by atoms with van der Waals surface area (Å²) >= 11 is 3.44. The van der Waals surface area contributed by atoms with E-state index in [1.54, 1.807) is 0 Å². The van der Waals surface area contributed by atoms with Crippen LogP contribution in [0.15, 0.2) is 22.7 Å². The molecule has 1 aromatic carbocycles. The van der Waals surface area contributed by atoms with Gasteiger partial charge in [-0.15, -0.1) is 0 Å². The number of halogens is 1. The van der Waals surface area contributed by atoms with Gasteiger partial charge in [0.1, 0.15) is 5.75 Å². The van der Waals surface area contributed by atoms with Crippen molar-refractivity contribution in [2.75, 3.05) is 19.8 Å². The summed E-state index contributed by atoms with van der Waals surface area (Å²) < 4.78 is 6.57. The number of aliphatic hydroxyl groups is 2. The Labute approximate surface area is 109 Å². The molecular weight excluding hydrogens is 286 g/mol. The van der Waals surface area contributed by atoms with Gasteiger partial charge in [-0.1, -0.05) is 15.9 Å². The molecule has 0 saturated heterocycles. The lowest BCUT2D eigenvalue weighted by Crippen LogP contribution is -2.40. The van der Waals surface area contributed by atoms with Gasteiger partial charge < -0.3 is 20.3 Å². The Bertz CT molecular complexity index is 382. The molecule has 0 aromatic heterocycles. The molecule has 1 aliphatic heterocycles. The molecule has 0 spiro atoms. The van der Waals surface area contributed by atoms with E-state index in [1.165, 1.54) is 0 Å². The van der Waals surface area contributed by atoms with E-state index < -0.39 is 0 Å². The van der Waals surface area contributed by atoms with Gasteiger partial charge in [-0.25, -0.2) is 0 Å². The van der Waals surface area contributed by atoms with Crippen molar-refractivity contribution in [2.45, 2.75) is 18.5 Å². The van der Waals surface area contributed by atoms with Crippen molar-refractivity contribution in [3.63, 3.8) is 0 Å². The molecule has 0 bridgehead atoms. The molecule has 1 aliphatic rings. The summed E-state index contributed by atoms with van der Waals surface area (Å²) in [5.41, 5.74) is 1.07. The highest BCUT2D eigenvalue weighted by Gasteiger charge is 2.23. The van der Waals surface area contributed by atoms with Crippen LogP contribution in [0.3, 0.4) is 0 Å². The fraction of sp³-hybridized carbons (Fsp3) is 0.500. The summed E-state index contributed by atoms with van der Waals surface area (Å²) in [5, 5.41) is 21.4. The maximum Gasteiger partial charge on any atom is 0.124 e. The highest BCUT2D eigenvalue weighted by molar-refractivity contribution is 9.10. The molecule has 1 heterocycles. The number of hydrogen-bond acceptors (Lipinski definition) is 4. The molecule has 0 aliphatic carbocycles. The minimum Gasteiger partial charge on any atom is -0.493 e. The molecule has 5 heteroatoms. The first-order valence-electron chi connectivity index (χ1n) is 5.64. The van der Waals surface area contributed by atoms with Crippen molar-refractivity contribution in [1.29, 1.82) is 0 Å². The van der Waals surface area contributed by atoms with Gasteiger partial charge in [0, 0.05) is 22.5 Å². The maximum absolute atomic E-state index is 9.10. The normalized spacial score (nSPS) is 18.9. The van der Waals surface area contributed by atoms with Gasteiger partial charge >= 0.3 is 0 Å². The second-order valence-corrected chi connectivity index (χ2v) is 5.02. The summed E-state index contributed by atoms with van der Waals surface area (Å²) in [4.78, 5) is 0. The van der Waals surface area contributed by atoms with Crippen LogP contribution in [0.25, 0.3) is 0 Å². The smallest absolute Gasteiger partial charge is 0.124 e. The molecule has 0 amide bonds. The van der Waals surface area contributed by atoms with E-state index in [-0.39, 0.29) is 25.3 Å². The van der Waals surface area contributed by atoms with Gasteiger partial charge in [-0.2, -0.15) is 0 Å². The van der Waals surface area contributed by atoms with Crippen molar-refractivity contribution < 1.29 is 14.9 Å². The van der Waals surface area contributed by atoms with Crippen LogP contribution in [0, 0.1) is 0 Å². The minimum atomic E-state index is -0.287. The molecule has 17 heavy (non-hydrogen) atoms. The van der Waals surface area contributed by atoms with E-state index in [0.717, 1.165) is 22.2 Å². The highest BCUT2D eigenvalue weighted by Crippen LogP contribution is 2.34. The Balaban J connectivity index is 2.18. The molecule has 4 nitrogen and oxygen atoms in total. The first kappa shape index (κ1) is 12.8. The summed E-state index contributed by atoms with van der Waals surface area (Å²) in [7, 11) is 0. The Hall–Kier alpha value is -0.620. The van der Waals surface area contributed by atoms with Crippen molar-refractivity contribution in [3.8, 4) is 5.75 Å². The second-order valence-electron chi connectivity index (χ2n) is 4.10. The first-order valence-corrected chi connectivity index (χ1v) is 6.44. The zero-order valence-corrected chi connectivity index (χ0v) is 11.0. The molecule has 1 aromatic rings. The summed E-state index contributed by atoms with van der Waals surface area (Å²) in [6.45, 7) is 0.504. The largest absolute Gasteiger partial charge is 0.493 e. The standard InChI is InChI=1S/C12H16BrNO3/c13-8-1-2-12-10(5-8)11(3-4-17-12)14-9(6-15)7-16/h1-2,5,9,11,14-16H,3-4,6-7H2. The number of rotatable bonds is 4. The van der Waals surface area contributed by atoms with Gasteiger partial charge in [0.05, 0.1) is 25.9 Å². The van der Waals surface area contributed by atoms with Gasteiger partial charge in [-0.3, -0.25) is 0 Å². The lowest BCUT2D eigenvalue weighted by Gasteiger charge is -2.29. The zero-order chi connectivity index (χ0) is 12.3. The number of fused-ring (bicyclic) bond motifs is 1. The van der Waals surface area contributed by atoms with Gasteiger partial charge in [0.25, 0.3) is 0 Å². The van der Waals surface area contributed by atoms with Crippen LogP contribution in [-0.4, -0.2) is 36.1 Å². The van der Waals surface area contributed by atoms with Crippen LogP contribution in [0.4, 0.5) is 0 Å². The van der Waals surface area contributed by atoms with Crippen molar-refractivity contribution in [2.24, 2.45) is 0 Å². The molecular formula is C12H16BrNO3. The predicted molar refractivity (Wildman–Crippen MR) is 68.1 cm³/mol. The van der Waals surface area contributed by atoms with Crippen LogP contribution in [0.5, 0.6) is 5.75 Å². The van der Waals surface area contributed by atoms with Crippen LogP contribution >= 0.6 is 15.9 Å². The van der Waals surface area contributed by atoms with E-state index >= 15 is 0 Å². The summed E-state index contributed by atoms with van der Waals surface area (Å²) in [6, 6.07) is 5.71. The number of nitrogens with one attached hydrogen (secondary N) is 1. The predicted octanol–water partition coefficient (Wildman–Crippen LogP) is 1.22. The Morgan fingerprint density at radius 1 is 1.41 bits per heavy atom. The van der Waals surface area contributed by atoms with Crippen LogP contribution in [-0.2, 0) is 0 Å². The lowest BCUT2D eigenvalue weighted by atomic mass is 10.00. The Morgan fingerprint density at radius 2 is 2.18 bits per heavy atom. The third-order valence-corrected chi connectivity index (χ3v) is 3.38. The number of benzene rings is 1. The number of hydrogen-bond donors (Lipinski definition) is 3. The third kappa shape index (κ3) is 2.98. The number of aliphatic hydroxyl groups excluding tert-OH is 2. The van der Waals surface area contributed by atoms with E-state index in [1.807, 2.05) is 18.2 Å². The molecule has 94 valence electrons. The van der Waals surface area contributed by atoms with E-state index in [2.05, 4.69) is 21.2 Å². The van der Waals surface area contributed by atoms with E-state index in [4.69, 9.17) is 14.9 Å². The maximum atomic E-state index is 9.10. The summed E-state index contributed by atoms with van der Waals surface area (Å²) in [5.74, 6) is 0.867. The fourth-order valence-electron chi connectivity index (χ4n) is 1.99. The highest BCUT2D eigenvalue weighted by atomic mass is 79.9. The SMILES string of the molecule is OCC(CO)NC1CCOc2ccc(Br)cc21. The topological polar surface area (TPSA) is 61.7 Å². The minimum absolute atomic E-state index is 0.0722. The molecule has 0 radical (unpaired) electrons. The Kier molecular flexibility index (Phi) is 4.39. The molecule has 3 N–H and O–H groups in total. The summed E-state index contributed by atoms with van der Waals surface area (Å²) in [6.07, 6.45) is 0.833. The molecule has 0 saturated carbocycles.